The number of amides is 1. The van der Waals surface area contributed by atoms with E-state index in [-0.39, 0.29) is 12.3 Å². The van der Waals surface area contributed by atoms with Gasteiger partial charge in [-0.15, -0.1) is 0 Å². The fourth-order valence-corrected chi connectivity index (χ4v) is 2.49. The smallest absolute Gasteiger partial charge is 0.303 e. The van der Waals surface area contributed by atoms with Crippen LogP contribution in [0.15, 0.2) is 0 Å². The fourth-order valence-electron chi connectivity index (χ4n) is 2.49. The maximum absolute atomic E-state index is 12.0. The molecule has 1 aliphatic rings. The summed E-state index contributed by atoms with van der Waals surface area (Å²) >= 11 is 0. The Morgan fingerprint density at radius 1 is 1.15 bits per heavy atom. The Morgan fingerprint density at radius 3 is 2.40 bits per heavy atom. The van der Waals surface area contributed by atoms with E-state index in [1.54, 1.807) is 0 Å². The van der Waals surface area contributed by atoms with Crippen molar-refractivity contribution in [1.82, 2.24) is 10.2 Å². The van der Waals surface area contributed by atoms with Gasteiger partial charge in [0.25, 0.3) is 0 Å². The SMILES string of the molecule is CC(CCNCC(=O)N1CCCCCC1)CCC(=O)O. The van der Waals surface area contributed by atoms with E-state index in [0.29, 0.717) is 18.9 Å². The number of carboxylic acids is 1. The Labute approximate surface area is 121 Å². The molecule has 1 rings (SSSR count). The number of nitrogens with zero attached hydrogens (tertiary/aromatic N) is 1. The number of carbonyl (C=O) groups excluding carboxylic acids is 1. The van der Waals surface area contributed by atoms with Crippen molar-refractivity contribution in [3.63, 3.8) is 0 Å². The van der Waals surface area contributed by atoms with Crippen LogP contribution < -0.4 is 5.32 Å². The minimum Gasteiger partial charge on any atom is -0.481 e. The third-order valence-electron chi connectivity index (χ3n) is 3.90. The van der Waals surface area contributed by atoms with Gasteiger partial charge in [-0.3, -0.25) is 9.59 Å². The summed E-state index contributed by atoms with van der Waals surface area (Å²) in [5.74, 6) is -0.155. The summed E-state index contributed by atoms with van der Waals surface area (Å²) in [6.45, 7) is 5.04. The molecule has 116 valence electrons. The summed E-state index contributed by atoms with van der Waals surface area (Å²) < 4.78 is 0. The average molecular weight is 284 g/mol. The molecule has 2 N–H and O–H groups in total. The molecular weight excluding hydrogens is 256 g/mol. The van der Waals surface area contributed by atoms with Gasteiger partial charge in [0, 0.05) is 19.5 Å². The molecule has 0 aromatic rings. The van der Waals surface area contributed by atoms with E-state index in [1.165, 1.54) is 12.8 Å². The normalized spacial score (nSPS) is 17.6. The van der Waals surface area contributed by atoms with Crippen molar-refractivity contribution in [3.8, 4) is 0 Å². The standard InChI is InChI=1S/C15H28N2O3/c1-13(6-7-15(19)20)8-9-16-12-14(18)17-10-4-2-3-5-11-17/h13,16H,2-12H2,1H3,(H,19,20). The molecule has 0 saturated carbocycles. The maximum atomic E-state index is 12.0. The Hall–Kier alpha value is -1.10. The number of nitrogens with one attached hydrogen (secondary N) is 1. The monoisotopic (exact) mass is 284 g/mol. The number of likely N-dealkylation sites (tertiary alicyclic amines) is 1. The van der Waals surface area contributed by atoms with E-state index in [1.807, 2.05) is 4.90 Å². The first-order valence-electron chi connectivity index (χ1n) is 7.80. The van der Waals surface area contributed by atoms with E-state index in [9.17, 15) is 9.59 Å². The predicted molar refractivity (Wildman–Crippen MR) is 78.6 cm³/mol. The summed E-state index contributed by atoms with van der Waals surface area (Å²) in [6.07, 6.45) is 6.57. The molecule has 1 amide bonds. The lowest BCUT2D eigenvalue weighted by Gasteiger charge is -2.20. The van der Waals surface area contributed by atoms with Crippen molar-refractivity contribution in [2.24, 2.45) is 5.92 Å². The number of carbonyl (C=O) groups is 2. The zero-order valence-electron chi connectivity index (χ0n) is 12.6. The molecule has 0 aromatic heterocycles. The second-order valence-electron chi connectivity index (χ2n) is 5.80. The van der Waals surface area contributed by atoms with Crippen LogP contribution in [0, 0.1) is 5.92 Å². The van der Waals surface area contributed by atoms with Crippen molar-refractivity contribution in [1.29, 1.82) is 0 Å². The van der Waals surface area contributed by atoms with Gasteiger partial charge >= 0.3 is 5.97 Å². The second-order valence-corrected chi connectivity index (χ2v) is 5.80. The van der Waals surface area contributed by atoms with Crippen molar-refractivity contribution >= 4 is 11.9 Å². The lowest BCUT2D eigenvalue weighted by atomic mass is 10.0. The molecule has 5 nitrogen and oxygen atoms in total. The lowest BCUT2D eigenvalue weighted by molar-refractivity contribution is -0.137. The molecule has 20 heavy (non-hydrogen) atoms. The van der Waals surface area contributed by atoms with Gasteiger partial charge in [-0.05, 0) is 38.1 Å². The van der Waals surface area contributed by atoms with Crippen LogP contribution in [0.1, 0.15) is 51.9 Å². The average Bonchev–Trinajstić information content (AvgIpc) is 2.70. The highest BCUT2D eigenvalue weighted by Gasteiger charge is 2.14. The highest BCUT2D eigenvalue weighted by molar-refractivity contribution is 5.78. The first-order valence-corrected chi connectivity index (χ1v) is 7.80. The number of aliphatic carboxylic acids is 1. The van der Waals surface area contributed by atoms with Crippen molar-refractivity contribution in [2.45, 2.75) is 51.9 Å². The molecule has 5 heteroatoms. The highest BCUT2D eigenvalue weighted by atomic mass is 16.4. The lowest BCUT2D eigenvalue weighted by Crippen LogP contribution is -2.39. The zero-order chi connectivity index (χ0) is 14.8. The Kier molecular flexibility index (Phi) is 8.26. The third-order valence-corrected chi connectivity index (χ3v) is 3.90. The zero-order valence-corrected chi connectivity index (χ0v) is 12.6. The second kappa shape index (κ2) is 9.75. The van der Waals surface area contributed by atoms with Crippen LogP contribution in [-0.4, -0.2) is 48.1 Å². The summed E-state index contributed by atoms with van der Waals surface area (Å²) in [6, 6.07) is 0. The van der Waals surface area contributed by atoms with E-state index >= 15 is 0 Å². The molecule has 0 spiro atoms. The third kappa shape index (κ3) is 7.48. The molecule has 0 bridgehead atoms. The molecule has 1 heterocycles. The van der Waals surface area contributed by atoms with Crippen molar-refractivity contribution in [2.75, 3.05) is 26.2 Å². The highest BCUT2D eigenvalue weighted by Crippen LogP contribution is 2.10. The van der Waals surface area contributed by atoms with E-state index in [4.69, 9.17) is 5.11 Å². The van der Waals surface area contributed by atoms with E-state index in [2.05, 4.69) is 12.2 Å². The molecule has 1 unspecified atom stereocenters. The number of rotatable bonds is 8. The van der Waals surface area contributed by atoms with Crippen LogP contribution in [0.2, 0.25) is 0 Å². The fraction of sp³-hybridized carbons (Fsp3) is 0.867. The Balaban J connectivity index is 2.07. The molecule has 1 atom stereocenters. The molecule has 0 aromatic carbocycles. The minimum absolute atomic E-state index is 0.199. The summed E-state index contributed by atoms with van der Waals surface area (Å²) in [5.41, 5.74) is 0. The van der Waals surface area contributed by atoms with Crippen LogP contribution in [0.4, 0.5) is 0 Å². The first-order chi connectivity index (χ1) is 9.59. The molecule has 1 fully saturated rings. The van der Waals surface area contributed by atoms with Gasteiger partial charge in [0.05, 0.1) is 6.54 Å². The summed E-state index contributed by atoms with van der Waals surface area (Å²) in [4.78, 5) is 24.4. The quantitative estimate of drug-likeness (QED) is 0.668. The van der Waals surface area contributed by atoms with Crippen molar-refractivity contribution < 1.29 is 14.7 Å². The van der Waals surface area contributed by atoms with E-state index in [0.717, 1.165) is 38.9 Å². The van der Waals surface area contributed by atoms with Gasteiger partial charge in [-0.25, -0.2) is 0 Å². The molecule has 1 saturated heterocycles. The molecular formula is C15H28N2O3. The van der Waals surface area contributed by atoms with Gasteiger partial charge in [0.15, 0.2) is 0 Å². The molecule has 0 aliphatic carbocycles. The van der Waals surface area contributed by atoms with Gasteiger partial charge < -0.3 is 15.3 Å². The maximum Gasteiger partial charge on any atom is 0.303 e. The van der Waals surface area contributed by atoms with Gasteiger partial charge in [-0.1, -0.05) is 19.8 Å². The predicted octanol–water partition coefficient (Wildman–Crippen LogP) is 1.87. The number of carboxylic acid groups (broad SMARTS) is 1. The van der Waals surface area contributed by atoms with Gasteiger partial charge in [-0.2, -0.15) is 0 Å². The topological polar surface area (TPSA) is 69.6 Å². The van der Waals surface area contributed by atoms with Crippen molar-refractivity contribution in [3.05, 3.63) is 0 Å². The number of hydrogen-bond donors (Lipinski definition) is 2. The van der Waals surface area contributed by atoms with Crippen LogP contribution in [0.5, 0.6) is 0 Å². The molecule has 1 aliphatic heterocycles. The summed E-state index contributed by atoms with van der Waals surface area (Å²) in [5, 5.41) is 11.8. The largest absolute Gasteiger partial charge is 0.481 e. The number of hydrogen-bond acceptors (Lipinski definition) is 3. The van der Waals surface area contributed by atoms with Crippen LogP contribution >= 0.6 is 0 Å². The Bertz CT molecular complexity index is 299. The van der Waals surface area contributed by atoms with Gasteiger partial charge in [0.1, 0.15) is 0 Å². The summed E-state index contributed by atoms with van der Waals surface area (Å²) in [7, 11) is 0. The van der Waals surface area contributed by atoms with Crippen LogP contribution in [0.3, 0.4) is 0 Å². The van der Waals surface area contributed by atoms with E-state index < -0.39 is 5.97 Å². The first kappa shape index (κ1) is 17.0. The van der Waals surface area contributed by atoms with Crippen LogP contribution in [0.25, 0.3) is 0 Å². The van der Waals surface area contributed by atoms with Crippen LogP contribution in [-0.2, 0) is 9.59 Å². The Morgan fingerprint density at radius 2 is 1.80 bits per heavy atom. The minimum atomic E-state index is -0.735. The van der Waals surface area contributed by atoms with Gasteiger partial charge in [0.2, 0.25) is 5.91 Å². The molecule has 0 radical (unpaired) electrons.